The van der Waals surface area contributed by atoms with Gasteiger partial charge in [0.05, 0.1) is 11.3 Å². The number of ether oxygens (including phenoxy) is 1. The van der Waals surface area contributed by atoms with Gasteiger partial charge in [0, 0.05) is 32.5 Å². The molecule has 1 aromatic rings. The smallest absolute Gasteiger partial charge is 0.354 e. The second kappa shape index (κ2) is 8.17. The van der Waals surface area contributed by atoms with Gasteiger partial charge < -0.3 is 14.5 Å². The molecular formula is C23H27N3O5. The average molecular weight is 425 g/mol. The van der Waals surface area contributed by atoms with Gasteiger partial charge in [0.1, 0.15) is 0 Å². The minimum absolute atomic E-state index is 0.0730. The Balaban J connectivity index is 1.63. The number of nitrogens with zero attached hydrogens (tertiary/aromatic N) is 3. The lowest BCUT2D eigenvalue weighted by molar-refractivity contribution is -0.162. The summed E-state index contributed by atoms with van der Waals surface area (Å²) in [6.45, 7) is 6.74. The second-order valence-electron chi connectivity index (χ2n) is 8.43. The zero-order chi connectivity index (χ0) is 22.2. The number of piperidine rings is 1. The normalized spacial score (nSPS) is 25.2. The topological polar surface area (TPSA) is 87.2 Å². The van der Waals surface area contributed by atoms with Gasteiger partial charge in [0.2, 0.25) is 11.6 Å². The predicted molar refractivity (Wildman–Crippen MR) is 113 cm³/mol. The van der Waals surface area contributed by atoms with Crippen LogP contribution in [0.15, 0.2) is 36.9 Å². The van der Waals surface area contributed by atoms with Crippen LogP contribution in [0, 0.1) is 5.92 Å². The first kappa shape index (κ1) is 21.1. The van der Waals surface area contributed by atoms with E-state index in [0.717, 1.165) is 12.8 Å². The lowest BCUT2D eigenvalue weighted by Crippen LogP contribution is -2.68. The number of anilines is 1. The van der Waals surface area contributed by atoms with Crippen molar-refractivity contribution in [3.8, 4) is 0 Å². The van der Waals surface area contributed by atoms with Gasteiger partial charge in [-0.2, -0.15) is 0 Å². The molecule has 3 aliphatic heterocycles. The van der Waals surface area contributed by atoms with E-state index in [9.17, 15) is 19.2 Å². The number of likely N-dealkylation sites (tertiary alicyclic amines) is 1. The molecule has 0 bridgehead atoms. The van der Waals surface area contributed by atoms with E-state index in [0.29, 0.717) is 30.3 Å². The highest BCUT2D eigenvalue weighted by atomic mass is 16.5. The van der Waals surface area contributed by atoms with Crippen molar-refractivity contribution in [2.75, 3.05) is 31.1 Å². The van der Waals surface area contributed by atoms with Crippen molar-refractivity contribution in [3.63, 3.8) is 0 Å². The highest BCUT2D eigenvalue weighted by Gasteiger charge is 2.61. The first-order valence-corrected chi connectivity index (χ1v) is 10.7. The van der Waals surface area contributed by atoms with E-state index in [1.54, 1.807) is 29.2 Å². The van der Waals surface area contributed by atoms with Crippen LogP contribution in [0.25, 0.3) is 0 Å². The van der Waals surface area contributed by atoms with Crippen LogP contribution < -0.4 is 4.90 Å². The summed E-state index contributed by atoms with van der Waals surface area (Å²) in [4.78, 5) is 56.5. The molecule has 2 saturated heterocycles. The summed E-state index contributed by atoms with van der Waals surface area (Å²) in [6.07, 6.45) is 3.71. The predicted octanol–water partition coefficient (Wildman–Crippen LogP) is 1.95. The molecule has 8 heteroatoms. The molecule has 3 heterocycles. The van der Waals surface area contributed by atoms with Crippen LogP contribution in [0.3, 0.4) is 0 Å². The number of amides is 3. The fourth-order valence-corrected chi connectivity index (χ4v) is 4.88. The highest BCUT2D eigenvalue weighted by molar-refractivity contribution is 6.15. The molecule has 0 spiro atoms. The zero-order valence-corrected chi connectivity index (χ0v) is 17.7. The molecule has 0 aromatic heterocycles. The third-order valence-corrected chi connectivity index (χ3v) is 6.35. The summed E-state index contributed by atoms with van der Waals surface area (Å²) in [5.74, 6) is -1.24. The lowest BCUT2D eigenvalue weighted by atomic mass is 9.96. The summed E-state index contributed by atoms with van der Waals surface area (Å²) in [5.41, 5.74) is -0.864. The molecule has 0 aliphatic carbocycles. The molecule has 0 radical (unpaired) electrons. The van der Waals surface area contributed by atoms with Crippen LogP contribution in [-0.4, -0.2) is 65.4 Å². The average Bonchev–Trinajstić information content (AvgIpc) is 3.13. The van der Waals surface area contributed by atoms with Crippen LogP contribution in [0.2, 0.25) is 0 Å². The molecule has 8 nitrogen and oxygen atoms in total. The Morgan fingerprint density at radius 2 is 2.06 bits per heavy atom. The Bertz CT molecular complexity index is 945. The molecule has 0 saturated carbocycles. The van der Waals surface area contributed by atoms with Gasteiger partial charge in [-0.05, 0) is 30.9 Å². The summed E-state index contributed by atoms with van der Waals surface area (Å²) in [6, 6.07) is 6.73. The molecule has 4 rings (SSSR count). The van der Waals surface area contributed by atoms with Crippen LogP contribution in [-0.2, 0) is 19.1 Å². The number of rotatable bonds is 5. The standard InChI is InChI=1S/C23H27N3O5/c1-3-12-25-21(29)17-8-4-5-9-18(17)26-19(27)10-11-23(25,26)22(30)31-15-20(28)24-13-6-7-16(2)14-24/h3-5,8-9,16H,1,6-7,10-15H2,2H3/t16-,23+/m0/s1. The second-order valence-corrected chi connectivity index (χ2v) is 8.43. The first-order chi connectivity index (χ1) is 14.9. The third kappa shape index (κ3) is 3.40. The monoisotopic (exact) mass is 425 g/mol. The van der Waals surface area contributed by atoms with Crippen molar-refractivity contribution < 1.29 is 23.9 Å². The number of carbonyl (C=O) groups excluding carboxylic acids is 4. The van der Waals surface area contributed by atoms with Gasteiger partial charge in [-0.1, -0.05) is 25.1 Å². The van der Waals surface area contributed by atoms with Crippen molar-refractivity contribution in [2.24, 2.45) is 5.92 Å². The molecule has 1 aromatic carbocycles. The third-order valence-electron chi connectivity index (χ3n) is 6.35. The Morgan fingerprint density at radius 1 is 1.29 bits per heavy atom. The SMILES string of the molecule is C=CCN1C(=O)c2ccccc2N2C(=O)CC[C@@]12C(=O)OCC(=O)N1CCC[C@H](C)C1. The Hall–Kier alpha value is -3.16. The van der Waals surface area contributed by atoms with Crippen molar-refractivity contribution in [2.45, 2.75) is 38.3 Å². The molecular weight excluding hydrogens is 398 g/mol. The molecule has 2 fully saturated rings. The molecule has 31 heavy (non-hydrogen) atoms. The van der Waals surface area contributed by atoms with Gasteiger partial charge in [-0.15, -0.1) is 6.58 Å². The van der Waals surface area contributed by atoms with E-state index in [1.807, 2.05) is 0 Å². The van der Waals surface area contributed by atoms with Crippen molar-refractivity contribution in [1.82, 2.24) is 9.80 Å². The maximum atomic E-state index is 13.4. The number of hydrogen-bond donors (Lipinski definition) is 0. The number of benzene rings is 1. The van der Waals surface area contributed by atoms with E-state index in [2.05, 4.69) is 13.5 Å². The maximum absolute atomic E-state index is 13.4. The van der Waals surface area contributed by atoms with Crippen molar-refractivity contribution in [3.05, 3.63) is 42.5 Å². The van der Waals surface area contributed by atoms with E-state index >= 15 is 0 Å². The van der Waals surface area contributed by atoms with Crippen molar-refractivity contribution >= 4 is 29.4 Å². The number of hydrogen-bond acceptors (Lipinski definition) is 5. The Labute approximate surface area is 181 Å². The fourth-order valence-electron chi connectivity index (χ4n) is 4.88. The van der Waals surface area contributed by atoms with Gasteiger partial charge in [-0.3, -0.25) is 19.3 Å². The summed E-state index contributed by atoms with van der Waals surface area (Å²) >= 11 is 0. The van der Waals surface area contributed by atoms with E-state index in [1.165, 1.54) is 15.9 Å². The summed E-state index contributed by atoms with van der Waals surface area (Å²) < 4.78 is 5.47. The summed E-state index contributed by atoms with van der Waals surface area (Å²) in [5, 5.41) is 0. The maximum Gasteiger partial charge on any atom is 0.354 e. The van der Waals surface area contributed by atoms with Crippen molar-refractivity contribution in [1.29, 1.82) is 0 Å². The Kier molecular flexibility index (Phi) is 5.56. The fraction of sp³-hybridized carbons (Fsp3) is 0.478. The lowest BCUT2D eigenvalue weighted by Gasteiger charge is -2.48. The number of carbonyl (C=O) groups is 4. The number of esters is 1. The molecule has 164 valence electrons. The molecule has 3 aliphatic rings. The van der Waals surface area contributed by atoms with Crippen LogP contribution in [0.1, 0.15) is 43.0 Å². The molecule has 0 unspecified atom stereocenters. The van der Waals surface area contributed by atoms with Crippen LogP contribution >= 0.6 is 0 Å². The van der Waals surface area contributed by atoms with E-state index in [4.69, 9.17) is 4.74 Å². The van der Waals surface area contributed by atoms with Gasteiger partial charge in [0.25, 0.3) is 11.8 Å². The highest BCUT2D eigenvalue weighted by Crippen LogP contribution is 2.45. The molecule has 3 amide bonds. The van der Waals surface area contributed by atoms with Gasteiger partial charge in [0.15, 0.2) is 6.61 Å². The number of fused-ring (bicyclic) bond motifs is 3. The largest absolute Gasteiger partial charge is 0.452 e. The van der Waals surface area contributed by atoms with Gasteiger partial charge >= 0.3 is 5.97 Å². The van der Waals surface area contributed by atoms with Crippen LogP contribution in [0.4, 0.5) is 5.69 Å². The molecule has 2 atom stereocenters. The summed E-state index contributed by atoms with van der Waals surface area (Å²) in [7, 11) is 0. The Morgan fingerprint density at radius 3 is 2.81 bits per heavy atom. The zero-order valence-electron chi connectivity index (χ0n) is 17.7. The van der Waals surface area contributed by atoms with Crippen LogP contribution in [0.5, 0.6) is 0 Å². The first-order valence-electron chi connectivity index (χ1n) is 10.7. The number of para-hydroxylation sites is 1. The van der Waals surface area contributed by atoms with Gasteiger partial charge in [-0.25, -0.2) is 4.79 Å². The van der Waals surface area contributed by atoms with E-state index in [-0.39, 0.29) is 37.1 Å². The minimum Gasteiger partial charge on any atom is -0.452 e. The minimum atomic E-state index is -1.60. The van der Waals surface area contributed by atoms with E-state index < -0.39 is 18.2 Å². The molecule has 0 N–H and O–H groups in total. The quantitative estimate of drug-likeness (QED) is 0.532.